The number of hydrogen-bond acceptors (Lipinski definition) is 3. The zero-order valence-corrected chi connectivity index (χ0v) is 18.9. The molecule has 0 amide bonds. The molecule has 1 heterocycles. The molecule has 4 heteroatoms. The highest BCUT2D eigenvalue weighted by Gasteiger charge is 2.06. The number of halogens is 1. The summed E-state index contributed by atoms with van der Waals surface area (Å²) in [5.74, 6) is 1.49. The zero-order valence-electron chi connectivity index (χ0n) is 18.9. The molecule has 0 radical (unpaired) electrons. The molecule has 1 unspecified atom stereocenters. The van der Waals surface area contributed by atoms with Crippen LogP contribution in [0, 0.1) is 0 Å². The smallest absolute Gasteiger partial charge is 0.159 e. The Balaban J connectivity index is 1.69. The van der Waals surface area contributed by atoms with Crippen molar-refractivity contribution in [2.24, 2.45) is 0 Å². The Bertz CT molecular complexity index is 672. The summed E-state index contributed by atoms with van der Waals surface area (Å²) in [6, 6.07) is 7.73. The molecule has 1 atom stereocenters. The molecule has 2 rings (SSSR count). The van der Waals surface area contributed by atoms with Crippen molar-refractivity contribution in [2.75, 3.05) is 6.61 Å². The summed E-state index contributed by atoms with van der Waals surface area (Å²) in [7, 11) is 0. The van der Waals surface area contributed by atoms with E-state index in [9.17, 15) is 4.39 Å². The van der Waals surface area contributed by atoms with Gasteiger partial charge in [-0.1, -0.05) is 65.2 Å². The third kappa shape index (κ3) is 9.69. The van der Waals surface area contributed by atoms with Gasteiger partial charge in [-0.2, -0.15) is 0 Å². The molecular formula is C26H39FN2O. The molecule has 30 heavy (non-hydrogen) atoms. The maximum absolute atomic E-state index is 13.5. The molecule has 0 aliphatic carbocycles. The molecule has 1 aromatic carbocycles. The molecule has 0 saturated carbocycles. The van der Waals surface area contributed by atoms with Crippen molar-refractivity contribution in [1.82, 2.24) is 9.97 Å². The molecule has 0 bridgehead atoms. The van der Waals surface area contributed by atoms with Gasteiger partial charge in [-0.25, -0.2) is 14.4 Å². The lowest BCUT2D eigenvalue weighted by molar-refractivity contribution is 0.225. The number of hydrogen-bond donors (Lipinski definition) is 0. The predicted octanol–water partition coefficient (Wildman–Crippen LogP) is 7.73. The molecule has 0 fully saturated rings. The minimum atomic E-state index is -0.771. The molecule has 166 valence electrons. The van der Waals surface area contributed by atoms with Crippen molar-refractivity contribution in [1.29, 1.82) is 0 Å². The number of aromatic nitrogens is 2. The van der Waals surface area contributed by atoms with Gasteiger partial charge in [0.2, 0.25) is 0 Å². The molecule has 0 N–H and O–H groups in total. The second-order valence-corrected chi connectivity index (χ2v) is 8.19. The van der Waals surface area contributed by atoms with Crippen LogP contribution < -0.4 is 4.74 Å². The summed E-state index contributed by atoms with van der Waals surface area (Å²) in [5, 5.41) is 0. The number of alkyl halides is 1. The fourth-order valence-electron chi connectivity index (χ4n) is 3.56. The Hall–Kier alpha value is -1.97. The van der Waals surface area contributed by atoms with E-state index in [1.807, 2.05) is 43.6 Å². The van der Waals surface area contributed by atoms with Gasteiger partial charge in [0.05, 0.1) is 6.61 Å². The first-order chi connectivity index (χ1) is 14.7. The van der Waals surface area contributed by atoms with Crippen molar-refractivity contribution in [3.05, 3.63) is 42.2 Å². The van der Waals surface area contributed by atoms with Crippen molar-refractivity contribution >= 4 is 0 Å². The van der Waals surface area contributed by atoms with Gasteiger partial charge in [0.25, 0.3) is 0 Å². The lowest BCUT2D eigenvalue weighted by Crippen LogP contribution is -2.07. The first kappa shape index (κ1) is 24.3. The van der Waals surface area contributed by atoms with Crippen LogP contribution >= 0.6 is 0 Å². The third-order valence-electron chi connectivity index (χ3n) is 5.44. The number of benzene rings is 1. The van der Waals surface area contributed by atoms with Crippen molar-refractivity contribution in [3.63, 3.8) is 0 Å². The third-order valence-corrected chi connectivity index (χ3v) is 5.44. The molecule has 0 aliphatic heterocycles. The van der Waals surface area contributed by atoms with E-state index in [1.165, 1.54) is 56.9 Å². The Morgan fingerprint density at radius 3 is 2.07 bits per heavy atom. The van der Waals surface area contributed by atoms with E-state index < -0.39 is 6.17 Å². The van der Waals surface area contributed by atoms with Gasteiger partial charge in [0.15, 0.2) is 5.82 Å². The fraction of sp³-hybridized carbons (Fsp3) is 0.615. The summed E-state index contributed by atoms with van der Waals surface area (Å²) >= 11 is 0. The lowest BCUT2D eigenvalue weighted by atomic mass is 10.1. The summed E-state index contributed by atoms with van der Waals surface area (Å²) in [6.45, 7) is 4.66. The molecule has 0 aliphatic rings. The van der Waals surface area contributed by atoms with E-state index in [4.69, 9.17) is 4.74 Å². The number of aryl methyl sites for hydroxylation is 1. The minimum Gasteiger partial charge on any atom is -0.493 e. The summed E-state index contributed by atoms with van der Waals surface area (Å²) < 4.78 is 19.1. The van der Waals surface area contributed by atoms with Gasteiger partial charge in [0.1, 0.15) is 11.9 Å². The van der Waals surface area contributed by atoms with Gasteiger partial charge in [-0.3, -0.25) is 0 Å². The highest BCUT2D eigenvalue weighted by Crippen LogP contribution is 2.20. The number of nitrogens with zero attached hydrogens (tertiary/aromatic N) is 2. The van der Waals surface area contributed by atoms with E-state index in [2.05, 4.69) is 16.9 Å². The van der Waals surface area contributed by atoms with Crippen LogP contribution in [-0.2, 0) is 6.42 Å². The van der Waals surface area contributed by atoms with Gasteiger partial charge in [-0.05, 0) is 49.1 Å². The average molecular weight is 415 g/mol. The maximum Gasteiger partial charge on any atom is 0.159 e. The van der Waals surface area contributed by atoms with Crippen molar-refractivity contribution in [3.8, 4) is 17.1 Å². The topological polar surface area (TPSA) is 35.0 Å². The summed E-state index contributed by atoms with van der Waals surface area (Å²) in [6.07, 6.45) is 16.7. The van der Waals surface area contributed by atoms with E-state index in [1.54, 1.807) is 0 Å². The van der Waals surface area contributed by atoms with Crippen LogP contribution in [0.4, 0.5) is 4.39 Å². The molecule has 3 nitrogen and oxygen atoms in total. The largest absolute Gasteiger partial charge is 0.493 e. The molecule has 0 saturated heterocycles. The van der Waals surface area contributed by atoms with E-state index in [0.717, 1.165) is 30.0 Å². The van der Waals surface area contributed by atoms with Crippen LogP contribution in [0.1, 0.15) is 90.0 Å². The normalized spacial score (nSPS) is 12.1. The summed E-state index contributed by atoms with van der Waals surface area (Å²) in [5.41, 5.74) is 2.17. The van der Waals surface area contributed by atoms with Crippen LogP contribution in [0.2, 0.25) is 0 Å². The fourth-order valence-corrected chi connectivity index (χ4v) is 3.56. The highest BCUT2D eigenvalue weighted by atomic mass is 19.1. The van der Waals surface area contributed by atoms with Crippen molar-refractivity contribution in [2.45, 2.75) is 97.1 Å². The lowest BCUT2D eigenvalue weighted by Gasteiger charge is -2.09. The minimum absolute atomic E-state index is 0.407. The summed E-state index contributed by atoms with van der Waals surface area (Å²) in [4.78, 5) is 9.06. The van der Waals surface area contributed by atoms with Gasteiger partial charge in [-0.15, -0.1) is 0 Å². The monoisotopic (exact) mass is 414 g/mol. The standard InChI is InChI=1S/C26H39FN2O/c1-3-5-6-7-8-9-10-11-13-22-20-28-26(29-21-22)23-14-16-25(17-15-23)30-19-18-24(27)12-4-2/h14-17,20-21,24H,3-13,18-19H2,1-2H3. The van der Waals surface area contributed by atoms with Crippen LogP contribution in [0.25, 0.3) is 11.4 Å². The highest BCUT2D eigenvalue weighted by molar-refractivity contribution is 5.55. The van der Waals surface area contributed by atoms with Crippen LogP contribution in [0.15, 0.2) is 36.7 Å². The van der Waals surface area contributed by atoms with Crippen molar-refractivity contribution < 1.29 is 9.13 Å². The van der Waals surface area contributed by atoms with E-state index >= 15 is 0 Å². The number of ether oxygens (including phenoxy) is 1. The molecule has 2 aromatic rings. The molecular weight excluding hydrogens is 375 g/mol. The van der Waals surface area contributed by atoms with Gasteiger partial charge in [0, 0.05) is 24.4 Å². The second-order valence-electron chi connectivity index (χ2n) is 8.19. The Morgan fingerprint density at radius 2 is 1.43 bits per heavy atom. The quantitative estimate of drug-likeness (QED) is 0.264. The Morgan fingerprint density at radius 1 is 0.800 bits per heavy atom. The maximum atomic E-state index is 13.5. The molecule has 0 spiro atoms. The Labute approximate surface area is 182 Å². The first-order valence-corrected chi connectivity index (χ1v) is 11.9. The zero-order chi connectivity index (χ0) is 21.4. The number of unbranched alkanes of at least 4 members (excludes halogenated alkanes) is 7. The SMILES string of the molecule is CCCCCCCCCCc1cnc(-c2ccc(OCCC(F)CCC)cc2)nc1. The second kappa shape index (κ2) is 14.9. The van der Waals surface area contributed by atoms with Crippen LogP contribution in [-0.4, -0.2) is 22.7 Å². The predicted molar refractivity (Wildman–Crippen MR) is 124 cm³/mol. The van der Waals surface area contributed by atoms with Crippen LogP contribution in [0.3, 0.4) is 0 Å². The van der Waals surface area contributed by atoms with E-state index in [-0.39, 0.29) is 0 Å². The first-order valence-electron chi connectivity index (χ1n) is 11.9. The van der Waals surface area contributed by atoms with Crippen LogP contribution in [0.5, 0.6) is 5.75 Å². The van der Waals surface area contributed by atoms with Gasteiger partial charge < -0.3 is 4.74 Å². The van der Waals surface area contributed by atoms with Gasteiger partial charge >= 0.3 is 0 Å². The number of rotatable bonds is 16. The average Bonchev–Trinajstić information content (AvgIpc) is 2.77. The van der Waals surface area contributed by atoms with E-state index in [0.29, 0.717) is 19.4 Å². The molecule has 1 aromatic heterocycles. The Kier molecular flexibility index (Phi) is 12.1.